The van der Waals surface area contributed by atoms with E-state index in [1.54, 1.807) is 14.2 Å². The summed E-state index contributed by atoms with van der Waals surface area (Å²) in [4.78, 5) is 11.3. The molecule has 0 radical (unpaired) electrons. The van der Waals surface area contributed by atoms with Crippen LogP contribution in [0.25, 0.3) is 0 Å². The summed E-state index contributed by atoms with van der Waals surface area (Å²) >= 11 is 0. The van der Waals surface area contributed by atoms with Crippen molar-refractivity contribution in [1.29, 1.82) is 0 Å². The lowest BCUT2D eigenvalue weighted by atomic mass is 9.89. The van der Waals surface area contributed by atoms with E-state index in [1.807, 2.05) is 25.1 Å². The van der Waals surface area contributed by atoms with Crippen molar-refractivity contribution in [2.75, 3.05) is 20.8 Å². The molecule has 0 aliphatic rings. The highest BCUT2D eigenvalue weighted by molar-refractivity contribution is 5.75. The molecule has 0 aliphatic carbocycles. The van der Waals surface area contributed by atoms with Crippen LogP contribution in [0.5, 0.6) is 11.5 Å². The van der Waals surface area contributed by atoms with E-state index in [4.69, 9.17) is 15.2 Å². The van der Waals surface area contributed by atoms with Crippen molar-refractivity contribution < 1.29 is 14.3 Å². The molecule has 1 amide bonds. The van der Waals surface area contributed by atoms with Gasteiger partial charge in [0.1, 0.15) is 0 Å². The van der Waals surface area contributed by atoms with E-state index in [0.29, 0.717) is 24.3 Å². The van der Waals surface area contributed by atoms with Crippen LogP contribution in [0.1, 0.15) is 32.3 Å². The Morgan fingerprint density at radius 2 is 1.95 bits per heavy atom. The SMILES string of the molecule is CCCNC(C)(CC(N)=O)Cc1ccc(OC)c(OC)c1. The molecule has 5 nitrogen and oxygen atoms in total. The van der Waals surface area contributed by atoms with Crippen LogP contribution >= 0.6 is 0 Å². The Morgan fingerprint density at radius 3 is 2.48 bits per heavy atom. The average molecular weight is 294 g/mol. The Hall–Kier alpha value is -1.75. The number of nitrogens with one attached hydrogen (secondary N) is 1. The monoisotopic (exact) mass is 294 g/mol. The summed E-state index contributed by atoms with van der Waals surface area (Å²) < 4.78 is 10.6. The molecule has 0 aromatic heterocycles. The molecule has 1 unspecified atom stereocenters. The van der Waals surface area contributed by atoms with Gasteiger partial charge in [-0.25, -0.2) is 0 Å². The molecule has 0 bridgehead atoms. The third-order valence-corrected chi connectivity index (χ3v) is 3.41. The van der Waals surface area contributed by atoms with Crippen LogP contribution in [0.15, 0.2) is 18.2 Å². The van der Waals surface area contributed by atoms with Gasteiger partial charge in [0.2, 0.25) is 5.91 Å². The summed E-state index contributed by atoms with van der Waals surface area (Å²) in [5.41, 5.74) is 6.09. The van der Waals surface area contributed by atoms with Gasteiger partial charge in [-0.05, 0) is 44.0 Å². The van der Waals surface area contributed by atoms with Gasteiger partial charge in [-0.1, -0.05) is 13.0 Å². The maximum absolute atomic E-state index is 11.3. The summed E-state index contributed by atoms with van der Waals surface area (Å²) in [5.74, 6) is 1.08. The minimum absolute atomic E-state index is 0.293. The number of carbonyl (C=O) groups is 1. The van der Waals surface area contributed by atoms with Crippen LogP contribution in [-0.4, -0.2) is 32.2 Å². The van der Waals surface area contributed by atoms with E-state index >= 15 is 0 Å². The largest absolute Gasteiger partial charge is 0.493 e. The van der Waals surface area contributed by atoms with Crippen LogP contribution < -0.4 is 20.5 Å². The minimum atomic E-state index is -0.360. The molecular weight excluding hydrogens is 268 g/mol. The van der Waals surface area contributed by atoms with Gasteiger partial charge in [0.05, 0.1) is 14.2 Å². The van der Waals surface area contributed by atoms with Crippen molar-refractivity contribution in [3.05, 3.63) is 23.8 Å². The van der Waals surface area contributed by atoms with Crippen LogP contribution in [0.4, 0.5) is 0 Å². The Bertz CT molecular complexity index is 477. The number of methoxy groups -OCH3 is 2. The van der Waals surface area contributed by atoms with Crippen molar-refractivity contribution in [3.63, 3.8) is 0 Å². The van der Waals surface area contributed by atoms with Crippen LogP contribution in [0.3, 0.4) is 0 Å². The normalized spacial score (nSPS) is 13.5. The molecule has 5 heteroatoms. The molecule has 0 aliphatic heterocycles. The maximum atomic E-state index is 11.3. The smallest absolute Gasteiger partial charge is 0.219 e. The number of primary amides is 1. The molecule has 21 heavy (non-hydrogen) atoms. The van der Waals surface area contributed by atoms with Crippen molar-refractivity contribution in [2.24, 2.45) is 5.73 Å². The summed E-state index contributed by atoms with van der Waals surface area (Å²) in [5, 5.41) is 3.42. The molecule has 0 fully saturated rings. The molecule has 1 atom stereocenters. The lowest BCUT2D eigenvalue weighted by Gasteiger charge is -2.30. The molecule has 0 saturated heterocycles. The Kier molecular flexibility index (Phi) is 6.49. The molecule has 118 valence electrons. The number of hydrogen-bond acceptors (Lipinski definition) is 4. The molecular formula is C16H26N2O3. The van der Waals surface area contributed by atoms with Gasteiger partial charge in [0.25, 0.3) is 0 Å². The first-order chi connectivity index (χ1) is 9.94. The number of benzene rings is 1. The molecule has 1 rings (SSSR count). The van der Waals surface area contributed by atoms with E-state index in [2.05, 4.69) is 12.2 Å². The summed E-state index contributed by atoms with van der Waals surface area (Å²) in [6.07, 6.45) is 1.98. The average Bonchev–Trinajstić information content (AvgIpc) is 2.44. The molecule has 1 aromatic rings. The van der Waals surface area contributed by atoms with Gasteiger partial charge < -0.3 is 20.5 Å². The lowest BCUT2D eigenvalue weighted by molar-refractivity contribution is -0.119. The Labute approximate surface area is 126 Å². The highest BCUT2D eigenvalue weighted by Gasteiger charge is 2.26. The van der Waals surface area contributed by atoms with Gasteiger partial charge in [0, 0.05) is 12.0 Å². The zero-order valence-electron chi connectivity index (χ0n) is 13.4. The molecule has 0 spiro atoms. The summed E-state index contributed by atoms with van der Waals surface area (Å²) in [6.45, 7) is 4.95. The van der Waals surface area contributed by atoms with Crippen molar-refractivity contribution in [3.8, 4) is 11.5 Å². The van der Waals surface area contributed by atoms with Crippen LogP contribution in [-0.2, 0) is 11.2 Å². The number of rotatable bonds is 9. The van der Waals surface area contributed by atoms with Crippen molar-refractivity contribution >= 4 is 5.91 Å². The van der Waals surface area contributed by atoms with E-state index in [9.17, 15) is 4.79 Å². The number of carbonyl (C=O) groups excluding carboxylic acids is 1. The fourth-order valence-electron chi connectivity index (χ4n) is 2.44. The van der Waals surface area contributed by atoms with Gasteiger partial charge in [-0.15, -0.1) is 0 Å². The first-order valence-electron chi connectivity index (χ1n) is 7.18. The predicted molar refractivity (Wildman–Crippen MR) is 83.8 cm³/mol. The second-order valence-corrected chi connectivity index (χ2v) is 5.50. The minimum Gasteiger partial charge on any atom is -0.493 e. The standard InChI is InChI=1S/C16H26N2O3/c1-5-8-18-16(2,11-15(17)19)10-12-6-7-13(20-3)14(9-12)21-4/h6-7,9,18H,5,8,10-11H2,1-4H3,(H2,17,19). The first-order valence-corrected chi connectivity index (χ1v) is 7.18. The summed E-state index contributed by atoms with van der Waals surface area (Å²) in [7, 11) is 3.22. The van der Waals surface area contributed by atoms with Crippen LogP contribution in [0.2, 0.25) is 0 Å². The number of ether oxygens (including phenoxy) is 2. The topological polar surface area (TPSA) is 73.6 Å². The van der Waals surface area contributed by atoms with E-state index in [1.165, 1.54) is 0 Å². The van der Waals surface area contributed by atoms with Crippen molar-refractivity contribution in [2.45, 2.75) is 38.6 Å². The first kappa shape index (κ1) is 17.3. The molecule has 3 N–H and O–H groups in total. The lowest BCUT2D eigenvalue weighted by Crippen LogP contribution is -2.47. The quantitative estimate of drug-likeness (QED) is 0.729. The maximum Gasteiger partial charge on any atom is 0.219 e. The number of amides is 1. The Morgan fingerprint density at radius 1 is 1.29 bits per heavy atom. The second-order valence-electron chi connectivity index (χ2n) is 5.50. The number of hydrogen-bond donors (Lipinski definition) is 2. The third-order valence-electron chi connectivity index (χ3n) is 3.41. The van der Waals surface area contributed by atoms with Crippen molar-refractivity contribution in [1.82, 2.24) is 5.32 Å². The Balaban J connectivity index is 2.94. The number of nitrogens with two attached hydrogens (primary N) is 1. The van der Waals surface area contributed by atoms with Gasteiger partial charge in [-0.2, -0.15) is 0 Å². The molecule has 0 saturated carbocycles. The zero-order chi connectivity index (χ0) is 15.9. The highest BCUT2D eigenvalue weighted by Crippen LogP contribution is 2.29. The van der Waals surface area contributed by atoms with E-state index < -0.39 is 0 Å². The zero-order valence-corrected chi connectivity index (χ0v) is 13.4. The fraction of sp³-hybridized carbons (Fsp3) is 0.562. The van der Waals surface area contributed by atoms with Crippen LogP contribution in [0, 0.1) is 0 Å². The molecule has 1 aromatic carbocycles. The van der Waals surface area contributed by atoms with Gasteiger partial charge in [0.15, 0.2) is 11.5 Å². The van der Waals surface area contributed by atoms with E-state index in [0.717, 1.165) is 18.5 Å². The second kappa shape index (κ2) is 7.88. The van der Waals surface area contributed by atoms with Gasteiger partial charge in [-0.3, -0.25) is 4.79 Å². The van der Waals surface area contributed by atoms with Gasteiger partial charge >= 0.3 is 0 Å². The third kappa shape index (κ3) is 5.27. The predicted octanol–water partition coefficient (Wildman–Crippen LogP) is 1.88. The molecule has 0 heterocycles. The highest BCUT2D eigenvalue weighted by atomic mass is 16.5. The van der Waals surface area contributed by atoms with E-state index in [-0.39, 0.29) is 11.4 Å². The fourth-order valence-corrected chi connectivity index (χ4v) is 2.44. The summed E-state index contributed by atoms with van der Waals surface area (Å²) in [6, 6.07) is 5.79.